The van der Waals surface area contributed by atoms with Gasteiger partial charge in [-0.25, -0.2) is 4.98 Å². The average Bonchev–Trinajstić information content (AvgIpc) is 2.84. The number of benzene rings is 2. The number of carbonyl (C=O) groups is 1. The van der Waals surface area contributed by atoms with Crippen molar-refractivity contribution in [1.82, 2.24) is 14.5 Å². The quantitative estimate of drug-likeness (QED) is 0.432. The monoisotopic (exact) mass is 523 g/mol. The van der Waals surface area contributed by atoms with Crippen LogP contribution in [0.25, 0.3) is 0 Å². The van der Waals surface area contributed by atoms with Crippen LogP contribution in [0.1, 0.15) is 40.7 Å². The van der Waals surface area contributed by atoms with Gasteiger partial charge in [-0.1, -0.05) is 60.7 Å². The molecule has 0 atom stereocenters. The van der Waals surface area contributed by atoms with E-state index in [2.05, 4.69) is 4.98 Å². The van der Waals surface area contributed by atoms with Crippen LogP contribution >= 0.6 is 0 Å². The van der Waals surface area contributed by atoms with Crippen LogP contribution < -0.4 is 5.56 Å². The maximum absolute atomic E-state index is 13.7. The van der Waals surface area contributed by atoms with Gasteiger partial charge in [-0.05, 0) is 24.5 Å². The second-order valence-electron chi connectivity index (χ2n) is 8.89. The van der Waals surface area contributed by atoms with Gasteiger partial charge in [0.25, 0.3) is 5.56 Å². The number of amides is 1. The molecule has 11 heteroatoms. The lowest BCUT2D eigenvalue weighted by Crippen LogP contribution is -2.45. The highest BCUT2D eigenvalue weighted by atomic mass is 19.4. The summed E-state index contributed by atoms with van der Waals surface area (Å²) in [5, 5.41) is 0. The van der Waals surface area contributed by atoms with E-state index in [9.17, 15) is 35.9 Å². The number of rotatable bonds is 5. The average molecular weight is 523 g/mol. The summed E-state index contributed by atoms with van der Waals surface area (Å²) in [6.45, 7) is 1.08. The zero-order chi connectivity index (χ0) is 27.0. The first-order chi connectivity index (χ1) is 17.4. The second kappa shape index (κ2) is 10.0. The van der Waals surface area contributed by atoms with E-state index < -0.39 is 36.6 Å². The highest BCUT2D eigenvalue weighted by Gasteiger charge is 2.57. The Kier molecular flexibility index (Phi) is 7.16. The maximum Gasteiger partial charge on any atom is 0.400 e. The van der Waals surface area contributed by atoms with E-state index in [0.29, 0.717) is 5.82 Å². The summed E-state index contributed by atoms with van der Waals surface area (Å²) in [7, 11) is 0. The maximum atomic E-state index is 13.7. The van der Waals surface area contributed by atoms with Crippen molar-refractivity contribution in [3.8, 4) is 0 Å². The van der Waals surface area contributed by atoms with Crippen LogP contribution in [0.5, 0.6) is 0 Å². The van der Waals surface area contributed by atoms with Crippen molar-refractivity contribution >= 4 is 5.91 Å². The fourth-order valence-electron chi connectivity index (χ4n) is 4.62. The molecule has 1 amide bonds. The summed E-state index contributed by atoms with van der Waals surface area (Å²) in [6.07, 6.45) is -13.0. The molecule has 1 aromatic heterocycles. The first-order valence-electron chi connectivity index (χ1n) is 11.5. The van der Waals surface area contributed by atoms with Gasteiger partial charge in [0.1, 0.15) is 5.82 Å². The summed E-state index contributed by atoms with van der Waals surface area (Å²) in [5.41, 5.74) is 1.76. The fourth-order valence-corrected chi connectivity index (χ4v) is 4.62. The molecule has 0 fully saturated rings. The van der Waals surface area contributed by atoms with E-state index in [4.69, 9.17) is 0 Å². The van der Waals surface area contributed by atoms with E-state index in [-0.39, 0.29) is 36.3 Å². The van der Waals surface area contributed by atoms with E-state index >= 15 is 0 Å². The van der Waals surface area contributed by atoms with Crippen molar-refractivity contribution in [1.29, 1.82) is 0 Å². The van der Waals surface area contributed by atoms with E-state index in [1.54, 1.807) is 6.92 Å². The molecule has 0 spiro atoms. The van der Waals surface area contributed by atoms with Crippen LogP contribution in [0.2, 0.25) is 0 Å². The number of hydrogen-bond acceptors (Lipinski definition) is 3. The summed E-state index contributed by atoms with van der Waals surface area (Å²) in [6, 6.07) is 18.1. The molecule has 196 valence electrons. The molecule has 0 N–H and O–H groups in total. The minimum Gasteiger partial charge on any atom is -0.336 e. The van der Waals surface area contributed by atoms with Gasteiger partial charge in [0.2, 0.25) is 5.91 Å². The molecule has 0 unspecified atom stereocenters. The Hall–Kier alpha value is -3.63. The zero-order valence-corrected chi connectivity index (χ0v) is 19.7. The Balaban J connectivity index is 1.68. The number of halogens is 6. The Morgan fingerprint density at radius 2 is 1.43 bits per heavy atom. The largest absolute Gasteiger partial charge is 0.400 e. The van der Waals surface area contributed by atoms with Gasteiger partial charge in [0.15, 0.2) is 5.92 Å². The number of hydrogen-bond donors (Lipinski definition) is 0. The minimum absolute atomic E-state index is 0.0355. The molecule has 1 aliphatic heterocycles. The molecule has 0 saturated carbocycles. The number of aryl methyl sites for hydroxylation is 1. The predicted octanol–water partition coefficient (Wildman–Crippen LogP) is 5.21. The first-order valence-corrected chi connectivity index (χ1v) is 11.5. The lowest BCUT2D eigenvalue weighted by Gasteiger charge is -2.32. The Labute approximate surface area is 208 Å². The van der Waals surface area contributed by atoms with Gasteiger partial charge in [0.05, 0.1) is 18.3 Å². The normalized spacial score (nSPS) is 14.2. The van der Waals surface area contributed by atoms with E-state index in [1.807, 2.05) is 60.7 Å². The van der Waals surface area contributed by atoms with Crippen molar-refractivity contribution in [2.24, 2.45) is 5.92 Å². The van der Waals surface area contributed by atoms with Gasteiger partial charge in [-0.15, -0.1) is 0 Å². The summed E-state index contributed by atoms with van der Waals surface area (Å²) in [4.78, 5) is 31.5. The van der Waals surface area contributed by atoms with Gasteiger partial charge in [-0.3, -0.25) is 14.2 Å². The molecule has 5 nitrogen and oxygen atoms in total. The molecular formula is C26H23F6N3O2. The highest BCUT2D eigenvalue weighted by molar-refractivity contribution is 5.77. The molecule has 1 aliphatic rings. The molecule has 4 rings (SSSR count). The first kappa shape index (κ1) is 26.4. The van der Waals surface area contributed by atoms with Gasteiger partial charge < -0.3 is 4.90 Å². The molecule has 37 heavy (non-hydrogen) atoms. The van der Waals surface area contributed by atoms with Crippen LogP contribution in [-0.2, 0) is 17.8 Å². The van der Waals surface area contributed by atoms with Gasteiger partial charge in [-0.2, -0.15) is 26.3 Å². The van der Waals surface area contributed by atoms with Crippen LogP contribution in [0.15, 0.2) is 65.5 Å². The number of nitrogens with zero attached hydrogens (tertiary/aromatic N) is 3. The third kappa shape index (κ3) is 5.55. The molecule has 0 saturated heterocycles. The summed E-state index contributed by atoms with van der Waals surface area (Å²) >= 11 is 0. The number of carbonyl (C=O) groups excluding carboxylic acids is 1. The Bertz CT molecular complexity index is 1270. The minimum atomic E-state index is -5.60. The predicted molar refractivity (Wildman–Crippen MR) is 123 cm³/mol. The third-order valence-corrected chi connectivity index (χ3v) is 6.45. The van der Waals surface area contributed by atoms with E-state index in [1.165, 1.54) is 4.57 Å². The van der Waals surface area contributed by atoms with Crippen molar-refractivity contribution in [3.63, 3.8) is 0 Å². The molecule has 0 aliphatic carbocycles. The van der Waals surface area contributed by atoms with Crippen LogP contribution in [0.4, 0.5) is 26.3 Å². The van der Waals surface area contributed by atoms with Crippen molar-refractivity contribution < 1.29 is 31.1 Å². The lowest BCUT2D eigenvalue weighted by atomic mass is 9.97. The lowest BCUT2D eigenvalue weighted by molar-refractivity contribution is -0.284. The topological polar surface area (TPSA) is 55.2 Å². The smallest absolute Gasteiger partial charge is 0.336 e. The fraction of sp³-hybridized carbons (Fsp3) is 0.346. The van der Waals surface area contributed by atoms with E-state index in [0.717, 1.165) is 16.0 Å². The Morgan fingerprint density at radius 3 is 1.92 bits per heavy atom. The molecule has 0 radical (unpaired) electrons. The number of fused-ring (bicyclic) bond motifs is 1. The SMILES string of the molecule is Cc1nc2c(c(=O)n1C(c1ccccc1)c1ccccc1)CCN(C(=O)CC(C(F)(F)F)C(F)(F)F)C2. The standard InChI is InChI=1S/C26H23F6N3O2/c1-16-33-20-15-34(22(36)14-21(25(27,28)29)26(30,31)32)13-12-19(20)24(37)35(16)23(17-8-4-2-5-9-17)18-10-6-3-7-11-18/h2-11,21,23H,12-15H2,1H3. The summed E-state index contributed by atoms with van der Waals surface area (Å²) in [5.74, 6) is -4.74. The highest BCUT2D eigenvalue weighted by Crippen LogP contribution is 2.41. The van der Waals surface area contributed by atoms with Crippen LogP contribution in [0.3, 0.4) is 0 Å². The molecule has 2 heterocycles. The van der Waals surface area contributed by atoms with Gasteiger partial charge >= 0.3 is 12.4 Å². The van der Waals surface area contributed by atoms with Gasteiger partial charge in [0, 0.05) is 18.5 Å². The summed E-state index contributed by atoms with van der Waals surface area (Å²) < 4.78 is 79.2. The molecule has 0 bridgehead atoms. The van der Waals surface area contributed by atoms with Crippen molar-refractivity contribution in [3.05, 3.63) is 99.2 Å². The third-order valence-electron chi connectivity index (χ3n) is 6.45. The molecule has 3 aromatic rings. The Morgan fingerprint density at radius 1 is 0.919 bits per heavy atom. The number of aromatic nitrogens is 2. The molecule has 2 aromatic carbocycles. The molecular weight excluding hydrogens is 500 g/mol. The van der Waals surface area contributed by atoms with Crippen LogP contribution in [-0.4, -0.2) is 39.3 Å². The number of alkyl halides is 6. The second-order valence-corrected chi connectivity index (χ2v) is 8.89. The van der Waals surface area contributed by atoms with Crippen molar-refractivity contribution in [2.75, 3.05) is 6.54 Å². The van der Waals surface area contributed by atoms with Crippen molar-refractivity contribution in [2.45, 2.75) is 44.7 Å². The van der Waals surface area contributed by atoms with Crippen LogP contribution in [0, 0.1) is 12.8 Å². The zero-order valence-electron chi connectivity index (χ0n) is 19.7.